The van der Waals surface area contributed by atoms with Crippen molar-refractivity contribution >= 4 is 5.96 Å². The lowest BCUT2D eigenvalue weighted by Gasteiger charge is -2.22. The van der Waals surface area contributed by atoms with E-state index in [9.17, 15) is 8.78 Å². The number of aromatic nitrogens is 3. The molecular weight excluding hydrogens is 370 g/mol. The van der Waals surface area contributed by atoms with Gasteiger partial charge in [-0.1, -0.05) is 12.1 Å². The molecule has 28 heavy (non-hydrogen) atoms. The summed E-state index contributed by atoms with van der Waals surface area (Å²) in [5.74, 6) is 2.38. The number of benzene rings is 1. The number of hydrogen-bond acceptors (Lipinski definition) is 5. The molecule has 2 aromatic rings. The predicted molar refractivity (Wildman–Crippen MR) is 101 cm³/mol. The zero-order valence-corrected chi connectivity index (χ0v) is 16.5. The highest BCUT2D eigenvalue weighted by Crippen LogP contribution is 2.15. The lowest BCUT2D eigenvalue weighted by atomic mass is 10.2. The molecule has 1 heterocycles. The smallest absolute Gasteiger partial charge is 0.387 e. The second kappa shape index (κ2) is 10.5. The van der Waals surface area contributed by atoms with E-state index in [0.29, 0.717) is 32.2 Å². The molecule has 1 N–H and O–H groups in total. The Kier molecular flexibility index (Phi) is 8.12. The van der Waals surface area contributed by atoms with Crippen molar-refractivity contribution in [2.24, 2.45) is 12.0 Å². The molecule has 0 radical (unpaired) electrons. The van der Waals surface area contributed by atoms with Crippen molar-refractivity contribution in [3.05, 3.63) is 41.5 Å². The van der Waals surface area contributed by atoms with Gasteiger partial charge < -0.3 is 24.3 Å². The van der Waals surface area contributed by atoms with Crippen LogP contribution in [0.15, 0.2) is 29.3 Å². The van der Waals surface area contributed by atoms with Crippen molar-refractivity contribution in [1.29, 1.82) is 0 Å². The number of nitrogens with one attached hydrogen (secondary N) is 1. The van der Waals surface area contributed by atoms with Gasteiger partial charge in [0.2, 0.25) is 0 Å². The van der Waals surface area contributed by atoms with E-state index < -0.39 is 6.61 Å². The number of rotatable bonds is 9. The van der Waals surface area contributed by atoms with Crippen LogP contribution in [0.1, 0.15) is 17.2 Å². The van der Waals surface area contributed by atoms with Gasteiger partial charge in [0, 0.05) is 34.3 Å². The first-order chi connectivity index (χ1) is 13.4. The molecular formula is C18H26F2N6O2. The Labute approximate surface area is 163 Å². The fourth-order valence-corrected chi connectivity index (χ4v) is 2.44. The summed E-state index contributed by atoms with van der Waals surface area (Å²) in [5.41, 5.74) is 0.930. The Morgan fingerprint density at radius 1 is 1.29 bits per heavy atom. The second-order valence-corrected chi connectivity index (χ2v) is 6.16. The van der Waals surface area contributed by atoms with Gasteiger partial charge in [-0.2, -0.15) is 8.78 Å². The van der Waals surface area contributed by atoms with E-state index in [1.54, 1.807) is 19.2 Å². The summed E-state index contributed by atoms with van der Waals surface area (Å²) >= 11 is 0. The average molecular weight is 396 g/mol. The molecule has 0 unspecified atom stereocenters. The number of guanidine groups is 1. The van der Waals surface area contributed by atoms with Gasteiger partial charge in [-0.3, -0.25) is 0 Å². The molecule has 0 fully saturated rings. The maximum atomic E-state index is 12.3. The third kappa shape index (κ3) is 6.45. The number of halogens is 2. The van der Waals surface area contributed by atoms with E-state index in [1.165, 1.54) is 12.1 Å². The molecule has 0 aliphatic carbocycles. The van der Waals surface area contributed by atoms with Crippen LogP contribution in [-0.4, -0.2) is 59.5 Å². The SMILES string of the molecule is COCCNC(=NCc1nnc(C)n1C)N(C)Cc1ccc(OC(F)F)cc1. The fourth-order valence-electron chi connectivity index (χ4n) is 2.44. The summed E-state index contributed by atoms with van der Waals surface area (Å²) < 4.78 is 35.9. The standard InChI is InChI=1S/C18H26F2N6O2/c1-13-23-24-16(26(13)3)11-22-18(21-9-10-27-4)25(2)12-14-5-7-15(8-6-14)28-17(19)20/h5-8,17H,9-12H2,1-4H3,(H,21,22). The van der Waals surface area contributed by atoms with Gasteiger partial charge in [0.15, 0.2) is 11.8 Å². The molecule has 0 aliphatic rings. The van der Waals surface area contributed by atoms with Crippen molar-refractivity contribution in [1.82, 2.24) is 25.0 Å². The molecule has 0 saturated heterocycles. The van der Waals surface area contributed by atoms with Gasteiger partial charge in [0.25, 0.3) is 0 Å². The highest BCUT2D eigenvalue weighted by Gasteiger charge is 2.10. The molecule has 0 bridgehead atoms. The van der Waals surface area contributed by atoms with Crippen molar-refractivity contribution < 1.29 is 18.3 Å². The molecule has 10 heteroatoms. The molecule has 2 rings (SSSR count). The first kappa shape index (κ1) is 21.5. The highest BCUT2D eigenvalue weighted by atomic mass is 19.3. The zero-order valence-electron chi connectivity index (χ0n) is 16.5. The van der Waals surface area contributed by atoms with Gasteiger partial charge >= 0.3 is 6.61 Å². The Bertz CT molecular complexity index is 764. The zero-order chi connectivity index (χ0) is 20.5. The first-order valence-electron chi connectivity index (χ1n) is 8.77. The van der Waals surface area contributed by atoms with Crippen molar-refractivity contribution in [2.45, 2.75) is 26.6 Å². The highest BCUT2D eigenvalue weighted by molar-refractivity contribution is 5.79. The molecule has 0 atom stereocenters. The van der Waals surface area contributed by atoms with Crippen LogP contribution in [0.2, 0.25) is 0 Å². The monoisotopic (exact) mass is 396 g/mol. The third-order valence-corrected chi connectivity index (χ3v) is 4.07. The van der Waals surface area contributed by atoms with E-state index in [4.69, 9.17) is 4.74 Å². The molecule has 1 aromatic carbocycles. The number of nitrogens with zero attached hydrogens (tertiary/aromatic N) is 5. The Morgan fingerprint density at radius 2 is 2.00 bits per heavy atom. The van der Waals surface area contributed by atoms with Gasteiger partial charge in [-0.15, -0.1) is 10.2 Å². The molecule has 0 spiro atoms. The van der Waals surface area contributed by atoms with Crippen LogP contribution in [0.5, 0.6) is 5.75 Å². The van der Waals surface area contributed by atoms with Crippen LogP contribution in [0.3, 0.4) is 0 Å². The molecule has 0 saturated carbocycles. The Morgan fingerprint density at radius 3 is 2.57 bits per heavy atom. The summed E-state index contributed by atoms with van der Waals surface area (Å²) in [6.45, 7) is 1.09. The second-order valence-electron chi connectivity index (χ2n) is 6.16. The van der Waals surface area contributed by atoms with Gasteiger partial charge in [0.1, 0.15) is 18.1 Å². The fraction of sp³-hybridized carbons (Fsp3) is 0.500. The molecule has 154 valence electrons. The largest absolute Gasteiger partial charge is 0.435 e. The number of hydrogen-bond donors (Lipinski definition) is 1. The topological polar surface area (TPSA) is 76.8 Å². The van der Waals surface area contributed by atoms with E-state index in [0.717, 1.165) is 17.2 Å². The minimum atomic E-state index is -2.83. The van der Waals surface area contributed by atoms with Gasteiger partial charge in [-0.05, 0) is 24.6 Å². The molecule has 0 amide bonds. The van der Waals surface area contributed by atoms with Gasteiger partial charge in [0.05, 0.1) is 6.61 Å². The van der Waals surface area contributed by atoms with E-state index in [-0.39, 0.29) is 5.75 Å². The number of aliphatic imine (C=N–C) groups is 1. The molecule has 1 aromatic heterocycles. The van der Waals surface area contributed by atoms with Crippen molar-refractivity contribution in [2.75, 3.05) is 27.3 Å². The Balaban J connectivity index is 2.06. The maximum Gasteiger partial charge on any atom is 0.387 e. The normalized spacial score (nSPS) is 11.8. The quantitative estimate of drug-likeness (QED) is 0.397. The van der Waals surface area contributed by atoms with E-state index in [1.807, 2.05) is 30.5 Å². The third-order valence-electron chi connectivity index (χ3n) is 4.07. The predicted octanol–water partition coefficient (Wildman–Crippen LogP) is 1.95. The molecule has 0 aliphatic heterocycles. The van der Waals surface area contributed by atoms with E-state index in [2.05, 4.69) is 25.2 Å². The molecule has 8 nitrogen and oxygen atoms in total. The van der Waals surface area contributed by atoms with Gasteiger partial charge in [-0.25, -0.2) is 4.99 Å². The maximum absolute atomic E-state index is 12.3. The number of ether oxygens (including phenoxy) is 2. The van der Waals surface area contributed by atoms with Crippen LogP contribution in [-0.2, 0) is 24.9 Å². The summed E-state index contributed by atoms with van der Waals surface area (Å²) in [5, 5.41) is 11.4. The summed E-state index contributed by atoms with van der Waals surface area (Å²) in [4.78, 5) is 6.55. The Hall–Kier alpha value is -2.75. The van der Waals surface area contributed by atoms with Crippen LogP contribution >= 0.6 is 0 Å². The lowest BCUT2D eigenvalue weighted by Crippen LogP contribution is -2.40. The van der Waals surface area contributed by atoms with Crippen LogP contribution in [0.25, 0.3) is 0 Å². The van der Waals surface area contributed by atoms with Crippen LogP contribution in [0.4, 0.5) is 8.78 Å². The minimum Gasteiger partial charge on any atom is -0.435 e. The summed E-state index contributed by atoms with van der Waals surface area (Å²) in [7, 11) is 5.42. The van der Waals surface area contributed by atoms with Crippen LogP contribution < -0.4 is 10.1 Å². The van der Waals surface area contributed by atoms with E-state index >= 15 is 0 Å². The number of aryl methyl sites for hydroxylation is 1. The lowest BCUT2D eigenvalue weighted by molar-refractivity contribution is -0.0498. The summed E-state index contributed by atoms with van der Waals surface area (Å²) in [6, 6.07) is 6.53. The van der Waals surface area contributed by atoms with Crippen LogP contribution in [0, 0.1) is 6.92 Å². The average Bonchev–Trinajstić information content (AvgIpc) is 2.97. The summed E-state index contributed by atoms with van der Waals surface area (Å²) in [6.07, 6.45) is 0. The van der Waals surface area contributed by atoms with Crippen molar-refractivity contribution in [3.8, 4) is 5.75 Å². The minimum absolute atomic E-state index is 0.131. The number of methoxy groups -OCH3 is 1. The first-order valence-corrected chi connectivity index (χ1v) is 8.77. The number of alkyl halides is 2. The van der Waals surface area contributed by atoms with Crippen molar-refractivity contribution in [3.63, 3.8) is 0 Å².